The maximum atomic E-state index is 12.2. The number of piperidine rings is 1. The van der Waals surface area contributed by atoms with Crippen LogP contribution in [0.5, 0.6) is 0 Å². The molecule has 154 valence electrons. The predicted molar refractivity (Wildman–Crippen MR) is 111 cm³/mol. The first kappa shape index (κ1) is 19.6. The van der Waals surface area contributed by atoms with Gasteiger partial charge in [-0.3, -0.25) is 4.68 Å². The van der Waals surface area contributed by atoms with Crippen molar-refractivity contribution < 1.29 is 13.9 Å². The van der Waals surface area contributed by atoms with E-state index in [0.717, 1.165) is 29.4 Å². The number of hydrogen-bond acceptors (Lipinski definition) is 6. The second kappa shape index (κ2) is 7.26. The van der Waals surface area contributed by atoms with Crippen LogP contribution < -0.4 is 5.73 Å². The van der Waals surface area contributed by atoms with E-state index in [1.54, 1.807) is 17.3 Å². The van der Waals surface area contributed by atoms with E-state index >= 15 is 0 Å². The molecule has 1 saturated heterocycles. The number of amides is 1. The molecule has 1 aliphatic heterocycles. The van der Waals surface area contributed by atoms with E-state index in [4.69, 9.17) is 26.5 Å². The molecular formula is C20H24ClN5O3. The van der Waals surface area contributed by atoms with E-state index in [0.29, 0.717) is 29.5 Å². The fourth-order valence-corrected chi connectivity index (χ4v) is 3.80. The van der Waals surface area contributed by atoms with Gasteiger partial charge in [-0.05, 0) is 33.6 Å². The van der Waals surface area contributed by atoms with Crippen LogP contribution >= 0.6 is 11.6 Å². The van der Waals surface area contributed by atoms with Crippen molar-refractivity contribution in [2.45, 2.75) is 45.3 Å². The molecule has 0 unspecified atom stereocenters. The minimum Gasteiger partial charge on any atom is -0.459 e. The van der Waals surface area contributed by atoms with Gasteiger partial charge in [0.2, 0.25) is 0 Å². The number of anilines is 1. The summed E-state index contributed by atoms with van der Waals surface area (Å²) in [5, 5.41) is 5.76. The van der Waals surface area contributed by atoms with Crippen LogP contribution in [0.15, 0.2) is 29.3 Å². The number of nitrogen functional groups attached to an aromatic ring is 1. The molecule has 1 amide bonds. The summed E-state index contributed by atoms with van der Waals surface area (Å²) in [7, 11) is 0. The molecule has 3 aromatic rings. The summed E-state index contributed by atoms with van der Waals surface area (Å²) in [6.45, 7) is 6.89. The van der Waals surface area contributed by atoms with Crippen molar-refractivity contribution in [3.63, 3.8) is 0 Å². The van der Waals surface area contributed by atoms with Gasteiger partial charge in [-0.2, -0.15) is 5.10 Å². The van der Waals surface area contributed by atoms with E-state index in [1.165, 1.54) is 6.26 Å². The van der Waals surface area contributed by atoms with Crippen molar-refractivity contribution in [3.8, 4) is 11.1 Å². The first-order valence-corrected chi connectivity index (χ1v) is 9.94. The van der Waals surface area contributed by atoms with E-state index in [9.17, 15) is 4.79 Å². The second-order valence-electron chi connectivity index (χ2n) is 8.25. The fourth-order valence-electron chi connectivity index (χ4n) is 3.57. The van der Waals surface area contributed by atoms with Gasteiger partial charge in [0.25, 0.3) is 0 Å². The Labute approximate surface area is 173 Å². The minimum absolute atomic E-state index is 0.208. The van der Waals surface area contributed by atoms with E-state index in [2.05, 4.69) is 10.1 Å². The topological polar surface area (TPSA) is 99.4 Å². The molecule has 2 N–H and O–H groups in total. The molecule has 0 atom stereocenters. The Bertz CT molecular complexity index is 1040. The minimum atomic E-state index is -0.488. The number of ether oxygens (including phenoxy) is 1. The number of aromatic nitrogens is 3. The SMILES string of the molecule is CC(C)(C)OC(=O)N1CCC(n2cc(-c3cnc(N)c4occ(Cl)c34)cn2)CC1. The zero-order valence-electron chi connectivity index (χ0n) is 16.7. The number of fused-ring (bicyclic) bond motifs is 1. The third-order valence-electron chi connectivity index (χ3n) is 4.98. The van der Waals surface area contributed by atoms with E-state index in [1.807, 2.05) is 31.6 Å². The molecular weight excluding hydrogens is 394 g/mol. The maximum Gasteiger partial charge on any atom is 0.410 e. The summed E-state index contributed by atoms with van der Waals surface area (Å²) in [6, 6.07) is 0.208. The third kappa shape index (κ3) is 3.89. The largest absolute Gasteiger partial charge is 0.459 e. The maximum absolute atomic E-state index is 12.2. The number of nitrogens with two attached hydrogens (primary N) is 1. The van der Waals surface area contributed by atoms with Crippen LogP contribution in [0.4, 0.5) is 10.6 Å². The van der Waals surface area contributed by atoms with Gasteiger partial charge in [0, 0.05) is 36.6 Å². The van der Waals surface area contributed by atoms with Gasteiger partial charge in [0.1, 0.15) is 11.9 Å². The summed E-state index contributed by atoms with van der Waals surface area (Å²) in [5.74, 6) is 0.303. The highest BCUT2D eigenvalue weighted by atomic mass is 35.5. The first-order valence-electron chi connectivity index (χ1n) is 9.56. The average Bonchev–Trinajstić information content (AvgIpc) is 3.29. The molecule has 0 saturated carbocycles. The van der Waals surface area contributed by atoms with Gasteiger partial charge in [-0.1, -0.05) is 11.6 Å². The predicted octanol–water partition coefficient (Wildman–Crippen LogP) is 4.50. The Hall–Kier alpha value is -2.74. The number of hydrogen-bond donors (Lipinski definition) is 1. The fraction of sp³-hybridized carbons (Fsp3) is 0.450. The Balaban J connectivity index is 1.49. The number of carbonyl (C=O) groups excluding carboxylic acids is 1. The number of likely N-dealkylation sites (tertiary alicyclic amines) is 1. The van der Waals surface area contributed by atoms with Crippen LogP contribution in [-0.2, 0) is 4.74 Å². The monoisotopic (exact) mass is 417 g/mol. The van der Waals surface area contributed by atoms with Gasteiger partial charge in [-0.25, -0.2) is 9.78 Å². The molecule has 0 aromatic carbocycles. The molecule has 0 bridgehead atoms. The van der Waals surface area contributed by atoms with Crippen LogP contribution in [0.1, 0.15) is 39.7 Å². The van der Waals surface area contributed by atoms with Crippen molar-refractivity contribution in [1.82, 2.24) is 19.7 Å². The average molecular weight is 418 g/mol. The first-order chi connectivity index (χ1) is 13.7. The van der Waals surface area contributed by atoms with Crippen molar-refractivity contribution in [2.75, 3.05) is 18.8 Å². The molecule has 4 heterocycles. The zero-order chi connectivity index (χ0) is 20.8. The van der Waals surface area contributed by atoms with Crippen LogP contribution in [0.3, 0.4) is 0 Å². The van der Waals surface area contributed by atoms with Gasteiger partial charge in [-0.15, -0.1) is 0 Å². The van der Waals surface area contributed by atoms with Crippen molar-refractivity contribution in [3.05, 3.63) is 29.9 Å². The Morgan fingerprint density at radius 2 is 2.03 bits per heavy atom. The molecule has 3 aromatic heterocycles. The summed E-state index contributed by atoms with van der Waals surface area (Å²) in [5.41, 5.74) is 7.59. The third-order valence-corrected chi connectivity index (χ3v) is 5.26. The van der Waals surface area contributed by atoms with Gasteiger partial charge in [0.15, 0.2) is 11.4 Å². The van der Waals surface area contributed by atoms with Gasteiger partial charge < -0.3 is 19.8 Å². The summed E-state index contributed by atoms with van der Waals surface area (Å²) in [4.78, 5) is 18.2. The van der Waals surface area contributed by atoms with Crippen LogP contribution in [0, 0.1) is 0 Å². The Kier molecular flexibility index (Phi) is 4.90. The molecule has 1 fully saturated rings. The van der Waals surface area contributed by atoms with Gasteiger partial charge in [0.05, 0.1) is 22.6 Å². The highest BCUT2D eigenvalue weighted by Crippen LogP contribution is 2.37. The van der Waals surface area contributed by atoms with E-state index < -0.39 is 5.60 Å². The molecule has 0 radical (unpaired) electrons. The van der Waals surface area contributed by atoms with Gasteiger partial charge >= 0.3 is 6.09 Å². The van der Waals surface area contributed by atoms with E-state index in [-0.39, 0.29) is 12.1 Å². The summed E-state index contributed by atoms with van der Waals surface area (Å²) >= 11 is 6.29. The Morgan fingerprint density at radius 1 is 1.31 bits per heavy atom. The van der Waals surface area contributed by atoms with Crippen LogP contribution in [-0.4, -0.2) is 44.4 Å². The molecule has 8 nitrogen and oxygen atoms in total. The summed E-state index contributed by atoms with van der Waals surface area (Å²) in [6.07, 6.45) is 8.27. The smallest absolute Gasteiger partial charge is 0.410 e. The number of pyridine rings is 1. The highest BCUT2D eigenvalue weighted by Gasteiger charge is 2.28. The van der Waals surface area contributed by atoms with Crippen molar-refractivity contribution in [1.29, 1.82) is 0 Å². The second-order valence-corrected chi connectivity index (χ2v) is 8.66. The van der Waals surface area contributed by atoms with Crippen LogP contribution in [0.25, 0.3) is 22.1 Å². The molecule has 4 rings (SSSR count). The number of nitrogens with zero attached hydrogens (tertiary/aromatic N) is 4. The lowest BCUT2D eigenvalue weighted by molar-refractivity contribution is 0.0185. The highest BCUT2D eigenvalue weighted by molar-refractivity contribution is 6.36. The Morgan fingerprint density at radius 3 is 2.72 bits per heavy atom. The normalized spacial score (nSPS) is 15.8. The van der Waals surface area contributed by atoms with Crippen molar-refractivity contribution >= 4 is 34.5 Å². The number of halogens is 1. The molecule has 9 heteroatoms. The molecule has 0 spiro atoms. The number of carbonyl (C=O) groups is 1. The summed E-state index contributed by atoms with van der Waals surface area (Å²) < 4.78 is 12.8. The molecule has 29 heavy (non-hydrogen) atoms. The lowest BCUT2D eigenvalue weighted by Crippen LogP contribution is -2.42. The standard InChI is InChI=1S/C20H24ClN5O3/c1-20(2,3)29-19(27)25-6-4-13(5-7-25)26-10-12(8-24-26)14-9-23-18(22)17-16(14)15(21)11-28-17/h8-11,13H,4-7H2,1-3H3,(H2,22,23). The van der Waals surface area contributed by atoms with Crippen molar-refractivity contribution in [2.24, 2.45) is 0 Å². The number of furan rings is 1. The lowest BCUT2D eigenvalue weighted by Gasteiger charge is -2.33. The molecule has 1 aliphatic rings. The van der Waals surface area contributed by atoms with Crippen LogP contribution in [0.2, 0.25) is 5.02 Å². The quantitative estimate of drug-likeness (QED) is 0.659. The zero-order valence-corrected chi connectivity index (χ0v) is 17.4. The lowest BCUT2D eigenvalue weighted by atomic mass is 10.1. The molecule has 0 aliphatic carbocycles. The number of rotatable bonds is 2.